The van der Waals surface area contributed by atoms with Crippen LogP contribution in [0.15, 0.2) is 6.07 Å². The maximum Gasteiger partial charge on any atom is 0.574 e. The summed E-state index contributed by atoms with van der Waals surface area (Å²) in [7, 11) is 1.19. The van der Waals surface area contributed by atoms with Gasteiger partial charge in [-0.25, -0.2) is 4.98 Å². The van der Waals surface area contributed by atoms with E-state index in [2.05, 4.69) is 14.5 Å². The van der Waals surface area contributed by atoms with Gasteiger partial charge in [-0.2, -0.15) is 0 Å². The van der Waals surface area contributed by atoms with Crippen molar-refractivity contribution >= 4 is 40.2 Å². The van der Waals surface area contributed by atoms with Crippen LogP contribution in [0.2, 0.25) is 0 Å². The highest BCUT2D eigenvalue weighted by Crippen LogP contribution is 2.29. The van der Waals surface area contributed by atoms with Gasteiger partial charge in [0.2, 0.25) is 5.88 Å². The molecule has 0 fully saturated rings. The van der Waals surface area contributed by atoms with Gasteiger partial charge in [-0.1, -0.05) is 0 Å². The van der Waals surface area contributed by atoms with Crippen molar-refractivity contribution < 1.29 is 27.4 Å². The summed E-state index contributed by atoms with van der Waals surface area (Å²) in [5.74, 6) is -1.30. The molecule has 106 valence electrons. The van der Waals surface area contributed by atoms with Gasteiger partial charge in [0.05, 0.1) is 28.7 Å². The Labute approximate surface area is 125 Å². The van der Waals surface area contributed by atoms with Crippen LogP contribution in [-0.2, 0) is 21.8 Å². The fraction of sp³-hybridized carbons (Fsp3) is 0.400. The predicted octanol–water partition coefficient (Wildman–Crippen LogP) is 3.04. The molecule has 4 nitrogen and oxygen atoms in total. The molecule has 0 aromatic carbocycles. The van der Waals surface area contributed by atoms with E-state index in [0.29, 0.717) is 5.56 Å². The number of nitrogens with zero attached hydrogens (tertiary/aromatic N) is 1. The molecular formula is C10H8ClF3INO3. The van der Waals surface area contributed by atoms with Gasteiger partial charge < -0.3 is 9.47 Å². The molecule has 19 heavy (non-hydrogen) atoms. The molecule has 0 unspecified atom stereocenters. The number of halogens is 5. The normalized spacial score (nSPS) is 11.3. The van der Waals surface area contributed by atoms with Crippen LogP contribution in [0.1, 0.15) is 11.3 Å². The monoisotopic (exact) mass is 409 g/mol. The molecule has 0 aliphatic carbocycles. The van der Waals surface area contributed by atoms with Gasteiger partial charge in [-0.05, 0) is 34.2 Å². The molecule has 1 aromatic heterocycles. The molecule has 0 N–H and O–H groups in total. The number of carbonyl (C=O) groups is 1. The maximum absolute atomic E-state index is 12.2. The zero-order valence-electron chi connectivity index (χ0n) is 9.55. The minimum atomic E-state index is -4.86. The summed E-state index contributed by atoms with van der Waals surface area (Å²) in [5, 5.41) is 0. The van der Waals surface area contributed by atoms with Gasteiger partial charge in [0.25, 0.3) is 0 Å². The van der Waals surface area contributed by atoms with Crippen molar-refractivity contribution in [3.05, 3.63) is 20.9 Å². The summed E-state index contributed by atoms with van der Waals surface area (Å²) >= 11 is 7.17. The fourth-order valence-electron chi connectivity index (χ4n) is 1.22. The Morgan fingerprint density at radius 1 is 1.53 bits per heavy atom. The van der Waals surface area contributed by atoms with E-state index >= 15 is 0 Å². The van der Waals surface area contributed by atoms with Crippen LogP contribution in [0.25, 0.3) is 0 Å². The third kappa shape index (κ3) is 5.01. The van der Waals surface area contributed by atoms with Crippen molar-refractivity contribution in [1.82, 2.24) is 4.98 Å². The third-order valence-electron chi connectivity index (χ3n) is 1.97. The first-order chi connectivity index (χ1) is 8.76. The lowest BCUT2D eigenvalue weighted by Crippen LogP contribution is -2.20. The summed E-state index contributed by atoms with van der Waals surface area (Å²) in [4.78, 5) is 14.8. The first kappa shape index (κ1) is 16.3. The molecule has 0 bridgehead atoms. The Kier molecular flexibility index (Phi) is 5.65. The van der Waals surface area contributed by atoms with Crippen LogP contribution in [0.3, 0.4) is 0 Å². The van der Waals surface area contributed by atoms with E-state index in [1.165, 1.54) is 13.2 Å². The zero-order valence-corrected chi connectivity index (χ0v) is 12.5. The van der Waals surface area contributed by atoms with Crippen molar-refractivity contribution in [3.8, 4) is 5.88 Å². The Morgan fingerprint density at radius 3 is 2.63 bits per heavy atom. The highest BCUT2D eigenvalue weighted by Gasteiger charge is 2.33. The number of rotatable bonds is 4. The van der Waals surface area contributed by atoms with Crippen LogP contribution in [0, 0.1) is 3.57 Å². The van der Waals surface area contributed by atoms with Crippen LogP contribution >= 0.6 is 34.2 Å². The molecule has 1 rings (SSSR count). The first-order valence-corrected chi connectivity index (χ1v) is 6.45. The second-order valence-electron chi connectivity index (χ2n) is 3.33. The SMILES string of the molecule is COC(=O)Cc1cc(CCl)nc(OC(F)(F)F)c1I. The molecule has 0 aliphatic heterocycles. The van der Waals surface area contributed by atoms with Crippen LogP contribution in [-0.4, -0.2) is 24.4 Å². The number of esters is 1. The lowest BCUT2D eigenvalue weighted by Gasteiger charge is -2.13. The van der Waals surface area contributed by atoms with Gasteiger partial charge in [0.1, 0.15) is 0 Å². The third-order valence-corrected chi connectivity index (χ3v) is 3.40. The highest BCUT2D eigenvalue weighted by atomic mass is 127. The number of pyridine rings is 1. The van der Waals surface area contributed by atoms with E-state index in [4.69, 9.17) is 11.6 Å². The second kappa shape index (κ2) is 6.60. The van der Waals surface area contributed by atoms with Gasteiger partial charge in [0.15, 0.2) is 0 Å². The van der Waals surface area contributed by atoms with Gasteiger partial charge >= 0.3 is 12.3 Å². The van der Waals surface area contributed by atoms with E-state index in [1.54, 1.807) is 22.6 Å². The molecule has 0 radical (unpaired) electrons. The number of hydrogen-bond donors (Lipinski definition) is 0. The van der Waals surface area contributed by atoms with Gasteiger partial charge in [-0.15, -0.1) is 24.8 Å². The Hall–Kier alpha value is -0.770. The van der Waals surface area contributed by atoms with Crippen LogP contribution in [0.5, 0.6) is 5.88 Å². The molecule has 0 aliphatic rings. The minimum Gasteiger partial charge on any atom is -0.469 e. The number of ether oxygens (including phenoxy) is 2. The quantitative estimate of drug-likeness (QED) is 0.436. The molecule has 0 amide bonds. The standard InChI is InChI=1S/C10H8ClF3INO3/c1-18-7(17)3-5-2-6(4-11)16-9(8(5)15)19-10(12,13)14/h2H,3-4H2,1H3. The summed E-state index contributed by atoms with van der Waals surface area (Å²) in [5.41, 5.74) is 0.498. The van der Waals surface area contributed by atoms with Crippen molar-refractivity contribution in [2.75, 3.05) is 7.11 Å². The zero-order chi connectivity index (χ0) is 14.6. The average Bonchev–Trinajstić information content (AvgIpc) is 2.32. The molecule has 9 heteroatoms. The second-order valence-corrected chi connectivity index (χ2v) is 4.67. The van der Waals surface area contributed by atoms with E-state index < -0.39 is 18.2 Å². The van der Waals surface area contributed by atoms with Crippen molar-refractivity contribution in [2.24, 2.45) is 0 Å². The van der Waals surface area contributed by atoms with E-state index in [1.807, 2.05) is 0 Å². The molecule has 1 aromatic rings. The predicted molar refractivity (Wildman–Crippen MR) is 68.9 cm³/mol. The molecule has 1 heterocycles. The smallest absolute Gasteiger partial charge is 0.469 e. The maximum atomic E-state index is 12.2. The summed E-state index contributed by atoms with van der Waals surface area (Å²) in [6.07, 6.45) is -5.05. The fourth-order valence-corrected chi connectivity index (χ4v) is 1.93. The number of hydrogen-bond acceptors (Lipinski definition) is 4. The van der Waals surface area contributed by atoms with E-state index in [0.717, 1.165) is 0 Å². The van der Waals surface area contributed by atoms with Gasteiger partial charge in [0, 0.05) is 0 Å². The first-order valence-electron chi connectivity index (χ1n) is 4.83. The Bertz CT molecular complexity index is 482. The molecule has 0 saturated carbocycles. The number of carbonyl (C=O) groups excluding carboxylic acids is 1. The largest absolute Gasteiger partial charge is 0.574 e. The number of methoxy groups -OCH3 is 1. The van der Waals surface area contributed by atoms with E-state index in [9.17, 15) is 18.0 Å². The van der Waals surface area contributed by atoms with Crippen molar-refractivity contribution in [1.29, 1.82) is 0 Å². The minimum absolute atomic E-state index is 0.0918. The van der Waals surface area contributed by atoms with Crippen molar-refractivity contribution in [3.63, 3.8) is 0 Å². The molecule has 0 spiro atoms. The molecule has 0 saturated heterocycles. The van der Waals surface area contributed by atoms with Crippen molar-refractivity contribution in [2.45, 2.75) is 18.7 Å². The summed E-state index contributed by atoms with van der Waals surface area (Å²) in [6, 6.07) is 1.44. The highest BCUT2D eigenvalue weighted by molar-refractivity contribution is 14.1. The summed E-state index contributed by atoms with van der Waals surface area (Å²) in [6.45, 7) is 0. The summed E-state index contributed by atoms with van der Waals surface area (Å²) < 4.78 is 45.0. The average molecular weight is 410 g/mol. The van der Waals surface area contributed by atoms with Crippen LogP contribution in [0.4, 0.5) is 13.2 Å². The Balaban J connectivity index is 3.17. The van der Waals surface area contributed by atoms with Gasteiger partial charge in [-0.3, -0.25) is 4.79 Å². The van der Waals surface area contributed by atoms with Crippen LogP contribution < -0.4 is 4.74 Å². The molecular weight excluding hydrogens is 401 g/mol. The lowest BCUT2D eigenvalue weighted by atomic mass is 10.1. The number of aromatic nitrogens is 1. The molecule has 0 atom stereocenters. The number of alkyl halides is 4. The van der Waals surface area contributed by atoms with E-state index in [-0.39, 0.29) is 21.6 Å². The lowest BCUT2D eigenvalue weighted by molar-refractivity contribution is -0.276. The Morgan fingerprint density at radius 2 is 2.16 bits per heavy atom. The topological polar surface area (TPSA) is 48.4 Å².